The predicted octanol–water partition coefficient (Wildman–Crippen LogP) is 4.73. The molecule has 2 aromatic rings. The number of anilines is 1. The molecule has 1 fully saturated rings. The van der Waals surface area contributed by atoms with E-state index in [0.29, 0.717) is 16.5 Å². The number of nitrogens with zero attached hydrogens (tertiary/aromatic N) is 2. The van der Waals surface area contributed by atoms with Gasteiger partial charge in [0.25, 0.3) is 0 Å². The Hall–Kier alpha value is -2.45. The number of carbonyl (C=O) groups excluding carboxylic acids is 2. The molecule has 144 valence electrons. The summed E-state index contributed by atoms with van der Waals surface area (Å²) in [7, 11) is 0. The summed E-state index contributed by atoms with van der Waals surface area (Å²) in [5.41, 5.74) is 1.14. The number of benzene rings is 2. The molecule has 1 aliphatic heterocycles. The summed E-state index contributed by atoms with van der Waals surface area (Å²) >= 11 is 4.55. The van der Waals surface area contributed by atoms with Crippen molar-refractivity contribution in [1.82, 2.24) is 4.90 Å². The molecule has 0 aliphatic carbocycles. The number of nitrogens with one attached hydrogen (secondary N) is 1. The summed E-state index contributed by atoms with van der Waals surface area (Å²) in [5.74, 6) is -0.854. The van der Waals surface area contributed by atoms with E-state index in [1.807, 2.05) is 12.1 Å². The summed E-state index contributed by atoms with van der Waals surface area (Å²) in [5, 5.41) is 2.60. The Morgan fingerprint density at radius 2 is 1.96 bits per heavy atom. The van der Waals surface area contributed by atoms with E-state index < -0.39 is 5.25 Å². The average molecular weight is 462 g/mol. The van der Waals surface area contributed by atoms with Gasteiger partial charge in [0.05, 0.1) is 5.69 Å². The maximum Gasteiger partial charge on any atom is 0.238 e. The molecular weight excluding hydrogens is 445 g/mol. The third kappa shape index (κ3) is 5.08. The third-order valence-electron chi connectivity index (χ3n) is 3.91. The number of halogens is 2. The lowest BCUT2D eigenvalue weighted by Crippen LogP contribution is -2.45. The molecule has 0 spiro atoms. The van der Waals surface area contributed by atoms with Crippen molar-refractivity contribution < 1.29 is 14.0 Å². The molecule has 3 rings (SSSR count). The number of thioether (sulfide) groups is 1. The topological polar surface area (TPSA) is 61.8 Å². The fourth-order valence-corrected chi connectivity index (χ4v) is 3.90. The van der Waals surface area contributed by atoms with Crippen LogP contribution in [0.25, 0.3) is 0 Å². The smallest absolute Gasteiger partial charge is 0.238 e. The fraction of sp³-hybridized carbons (Fsp3) is 0.150. The van der Waals surface area contributed by atoms with E-state index in [-0.39, 0.29) is 30.6 Å². The number of aliphatic imine (C=N–C) groups is 1. The van der Waals surface area contributed by atoms with Gasteiger partial charge in [-0.05, 0) is 48.5 Å². The first-order chi connectivity index (χ1) is 13.5. The third-order valence-corrected chi connectivity index (χ3v) is 5.62. The first kappa shape index (κ1) is 20.3. The van der Waals surface area contributed by atoms with Gasteiger partial charge in [0, 0.05) is 23.1 Å². The largest absolute Gasteiger partial charge is 0.325 e. The fourth-order valence-electron chi connectivity index (χ4n) is 2.53. The molecule has 1 unspecified atom stereocenters. The van der Waals surface area contributed by atoms with Gasteiger partial charge in [0.1, 0.15) is 11.1 Å². The van der Waals surface area contributed by atoms with Crippen LogP contribution in [-0.2, 0) is 9.59 Å². The predicted molar refractivity (Wildman–Crippen MR) is 114 cm³/mol. The summed E-state index contributed by atoms with van der Waals surface area (Å²) in [6.45, 7) is 3.95. The molecule has 5 nitrogen and oxygen atoms in total. The molecule has 1 N–H and O–H groups in total. The molecule has 1 atom stereocenters. The molecule has 1 heterocycles. The van der Waals surface area contributed by atoms with Crippen molar-refractivity contribution in [1.29, 1.82) is 0 Å². The lowest BCUT2D eigenvalue weighted by Gasteiger charge is -2.31. The Bertz CT molecular complexity index is 916. The van der Waals surface area contributed by atoms with Gasteiger partial charge in [-0.25, -0.2) is 9.38 Å². The van der Waals surface area contributed by atoms with Crippen LogP contribution < -0.4 is 5.32 Å². The van der Waals surface area contributed by atoms with Crippen LogP contribution in [0.15, 0.2) is 70.7 Å². The van der Waals surface area contributed by atoms with Gasteiger partial charge in [-0.15, -0.1) is 6.58 Å². The van der Waals surface area contributed by atoms with Crippen molar-refractivity contribution in [2.24, 2.45) is 4.99 Å². The Labute approximate surface area is 174 Å². The zero-order valence-corrected chi connectivity index (χ0v) is 17.2. The first-order valence-electron chi connectivity index (χ1n) is 8.45. The van der Waals surface area contributed by atoms with Gasteiger partial charge in [-0.1, -0.05) is 33.8 Å². The second-order valence-electron chi connectivity index (χ2n) is 5.97. The lowest BCUT2D eigenvalue weighted by atomic mass is 10.2. The number of amidine groups is 1. The standard InChI is InChI=1S/C20H17BrFN3O2S/c1-2-11-25-18(26)12-17(19(27)23-15-7-3-13(21)4-8-15)28-20(25)24-16-9-5-14(22)6-10-16/h2-10,17H,1,11-12H2,(H,23,27). The number of amides is 2. The highest BCUT2D eigenvalue weighted by atomic mass is 79.9. The molecule has 28 heavy (non-hydrogen) atoms. The van der Waals surface area contributed by atoms with Crippen LogP contribution >= 0.6 is 27.7 Å². The van der Waals surface area contributed by atoms with Gasteiger partial charge >= 0.3 is 0 Å². The maximum atomic E-state index is 13.1. The van der Waals surface area contributed by atoms with E-state index in [4.69, 9.17) is 0 Å². The molecule has 0 aromatic heterocycles. The number of hydrogen-bond acceptors (Lipinski definition) is 4. The van der Waals surface area contributed by atoms with Crippen LogP contribution in [0.1, 0.15) is 6.42 Å². The molecule has 1 aliphatic rings. The number of rotatable bonds is 5. The lowest BCUT2D eigenvalue weighted by molar-refractivity contribution is -0.129. The molecule has 0 saturated carbocycles. The van der Waals surface area contributed by atoms with E-state index in [1.165, 1.54) is 40.9 Å². The Morgan fingerprint density at radius 3 is 2.61 bits per heavy atom. The number of carbonyl (C=O) groups is 2. The van der Waals surface area contributed by atoms with Crippen molar-refractivity contribution in [3.8, 4) is 0 Å². The Balaban J connectivity index is 1.81. The van der Waals surface area contributed by atoms with Crippen molar-refractivity contribution in [2.75, 3.05) is 11.9 Å². The molecule has 0 radical (unpaired) electrons. The Morgan fingerprint density at radius 1 is 1.29 bits per heavy atom. The quantitative estimate of drug-likeness (QED) is 0.654. The Kier molecular flexibility index (Phi) is 6.64. The van der Waals surface area contributed by atoms with Crippen LogP contribution in [0, 0.1) is 5.82 Å². The molecule has 8 heteroatoms. The van der Waals surface area contributed by atoms with Crippen LogP contribution in [0.5, 0.6) is 0 Å². The highest BCUT2D eigenvalue weighted by molar-refractivity contribution is 9.10. The van der Waals surface area contributed by atoms with Gasteiger partial charge in [0.2, 0.25) is 11.8 Å². The van der Waals surface area contributed by atoms with E-state index >= 15 is 0 Å². The summed E-state index contributed by atoms with van der Waals surface area (Å²) in [6, 6.07) is 12.8. The minimum atomic E-state index is -0.614. The minimum Gasteiger partial charge on any atom is -0.325 e. The zero-order chi connectivity index (χ0) is 20.1. The SMILES string of the molecule is C=CCN1C(=O)CC(C(=O)Nc2ccc(Br)cc2)SC1=Nc1ccc(F)cc1. The van der Waals surface area contributed by atoms with E-state index in [9.17, 15) is 14.0 Å². The molecule has 2 amide bonds. The average Bonchev–Trinajstić information content (AvgIpc) is 2.68. The van der Waals surface area contributed by atoms with Gasteiger partial charge in [0.15, 0.2) is 5.17 Å². The molecule has 2 aromatic carbocycles. The van der Waals surface area contributed by atoms with Crippen LogP contribution in [0.3, 0.4) is 0 Å². The van der Waals surface area contributed by atoms with Crippen LogP contribution in [-0.4, -0.2) is 33.7 Å². The maximum absolute atomic E-state index is 13.1. The molecule has 1 saturated heterocycles. The minimum absolute atomic E-state index is 0.0588. The normalized spacial score (nSPS) is 18.2. The summed E-state index contributed by atoms with van der Waals surface area (Å²) in [4.78, 5) is 31.2. The second kappa shape index (κ2) is 9.16. The highest BCUT2D eigenvalue weighted by Crippen LogP contribution is 2.30. The monoisotopic (exact) mass is 461 g/mol. The highest BCUT2D eigenvalue weighted by Gasteiger charge is 2.35. The second-order valence-corrected chi connectivity index (χ2v) is 8.06. The van der Waals surface area contributed by atoms with Gasteiger partial charge in [-0.2, -0.15) is 0 Å². The summed E-state index contributed by atoms with van der Waals surface area (Å²) in [6.07, 6.45) is 1.66. The first-order valence-corrected chi connectivity index (χ1v) is 10.1. The molecule has 0 bridgehead atoms. The van der Waals surface area contributed by atoms with Crippen molar-refractivity contribution >= 4 is 56.0 Å². The van der Waals surface area contributed by atoms with Gasteiger partial charge < -0.3 is 5.32 Å². The van der Waals surface area contributed by atoms with E-state index in [2.05, 4.69) is 32.8 Å². The zero-order valence-electron chi connectivity index (χ0n) is 14.8. The van der Waals surface area contributed by atoms with Crippen molar-refractivity contribution in [3.63, 3.8) is 0 Å². The molecular formula is C20H17BrFN3O2S. The van der Waals surface area contributed by atoms with Gasteiger partial charge in [-0.3, -0.25) is 14.5 Å². The summed E-state index contributed by atoms with van der Waals surface area (Å²) < 4.78 is 14.0. The van der Waals surface area contributed by atoms with E-state index in [1.54, 1.807) is 18.2 Å². The van der Waals surface area contributed by atoms with Crippen molar-refractivity contribution in [3.05, 3.63) is 71.5 Å². The number of hydrogen-bond donors (Lipinski definition) is 1. The van der Waals surface area contributed by atoms with Crippen LogP contribution in [0.2, 0.25) is 0 Å². The van der Waals surface area contributed by atoms with Crippen molar-refractivity contribution in [2.45, 2.75) is 11.7 Å². The van der Waals surface area contributed by atoms with Crippen LogP contribution in [0.4, 0.5) is 15.8 Å². The van der Waals surface area contributed by atoms with E-state index in [0.717, 1.165) is 4.47 Å².